The number of hydrogen-bond donors (Lipinski definition) is 2. The lowest BCUT2D eigenvalue weighted by Gasteiger charge is -2.19. The Kier molecular flexibility index (Phi) is 5.38. The lowest BCUT2D eigenvalue weighted by Crippen LogP contribution is -2.28. The first-order chi connectivity index (χ1) is 7.54. The average Bonchev–Trinajstić information content (AvgIpc) is 2.23. The van der Waals surface area contributed by atoms with Crippen LogP contribution < -0.4 is 5.32 Å². The molecule has 16 heavy (non-hydrogen) atoms. The maximum absolute atomic E-state index is 13.6. The predicted octanol–water partition coefficient (Wildman–Crippen LogP) is 2.87. The van der Waals surface area contributed by atoms with E-state index in [1.165, 1.54) is 6.07 Å². The van der Waals surface area contributed by atoms with Crippen molar-refractivity contribution in [2.45, 2.75) is 19.9 Å². The van der Waals surface area contributed by atoms with Gasteiger partial charge in [-0.1, -0.05) is 29.8 Å². The van der Waals surface area contributed by atoms with Gasteiger partial charge in [0.1, 0.15) is 5.82 Å². The first-order valence-corrected chi connectivity index (χ1v) is 6.13. The number of nitrogens with one attached hydrogen (secondary N) is 1. The van der Waals surface area contributed by atoms with Gasteiger partial charge in [-0.05, 0) is 30.7 Å². The van der Waals surface area contributed by atoms with Crippen LogP contribution in [0.1, 0.15) is 25.5 Å². The number of aliphatic hydroxyl groups is 1. The van der Waals surface area contributed by atoms with Gasteiger partial charge in [0.05, 0.1) is 12.6 Å². The molecule has 4 heteroatoms. The maximum Gasteiger partial charge on any atom is 0.128 e. The summed E-state index contributed by atoms with van der Waals surface area (Å²) in [6.07, 6.45) is 0. The van der Waals surface area contributed by atoms with Crippen molar-refractivity contribution in [3.05, 3.63) is 34.1 Å². The molecule has 1 unspecified atom stereocenters. The van der Waals surface area contributed by atoms with E-state index in [0.29, 0.717) is 11.5 Å². The van der Waals surface area contributed by atoms with Crippen LogP contribution in [0.5, 0.6) is 0 Å². The summed E-state index contributed by atoms with van der Waals surface area (Å²) in [7, 11) is 0. The minimum Gasteiger partial charge on any atom is -0.394 e. The minimum absolute atomic E-state index is 0.111. The molecule has 0 heterocycles. The maximum atomic E-state index is 13.6. The van der Waals surface area contributed by atoms with Crippen LogP contribution >= 0.6 is 15.9 Å². The monoisotopic (exact) mass is 289 g/mol. The highest BCUT2D eigenvalue weighted by Gasteiger charge is 2.15. The van der Waals surface area contributed by atoms with Crippen LogP contribution in [0.15, 0.2) is 22.7 Å². The van der Waals surface area contributed by atoms with Crippen LogP contribution in [-0.2, 0) is 0 Å². The molecular formula is C12H17BrFNO. The van der Waals surface area contributed by atoms with E-state index in [4.69, 9.17) is 0 Å². The van der Waals surface area contributed by atoms with Crippen LogP contribution in [0.3, 0.4) is 0 Å². The number of hydrogen-bond acceptors (Lipinski definition) is 2. The van der Waals surface area contributed by atoms with Gasteiger partial charge in [-0.15, -0.1) is 0 Å². The summed E-state index contributed by atoms with van der Waals surface area (Å²) in [5, 5.41) is 12.4. The Morgan fingerprint density at radius 3 is 2.69 bits per heavy atom. The molecule has 0 fully saturated rings. The molecule has 90 valence electrons. The molecule has 2 N–H and O–H groups in total. The van der Waals surface area contributed by atoms with Crippen molar-refractivity contribution in [1.29, 1.82) is 0 Å². The number of aliphatic hydroxyl groups excluding tert-OH is 1. The molecule has 0 bridgehead atoms. The molecular weight excluding hydrogens is 273 g/mol. The van der Waals surface area contributed by atoms with E-state index in [0.717, 1.165) is 11.0 Å². The fraction of sp³-hybridized carbons (Fsp3) is 0.500. The van der Waals surface area contributed by atoms with E-state index in [1.807, 2.05) is 0 Å². The van der Waals surface area contributed by atoms with E-state index in [-0.39, 0.29) is 18.5 Å². The summed E-state index contributed by atoms with van der Waals surface area (Å²) in [5.74, 6) is 0.169. The van der Waals surface area contributed by atoms with Crippen molar-refractivity contribution in [3.63, 3.8) is 0 Å². The van der Waals surface area contributed by atoms with Crippen molar-refractivity contribution in [1.82, 2.24) is 5.32 Å². The van der Waals surface area contributed by atoms with Crippen molar-refractivity contribution in [3.8, 4) is 0 Å². The second kappa shape index (κ2) is 6.33. The van der Waals surface area contributed by atoms with Gasteiger partial charge in [-0.2, -0.15) is 0 Å². The van der Waals surface area contributed by atoms with Crippen LogP contribution in [0.4, 0.5) is 4.39 Å². The van der Waals surface area contributed by atoms with Crippen molar-refractivity contribution >= 4 is 15.9 Å². The second-order valence-corrected chi connectivity index (χ2v) is 5.12. The summed E-state index contributed by atoms with van der Waals surface area (Å²) in [4.78, 5) is 0. The van der Waals surface area contributed by atoms with Gasteiger partial charge in [0.15, 0.2) is 0 Å². The highest BCUT2D eigenvalue weighted by atomic mass is 79.9. The Morgan fingerprint density at radius 1 is 1.44 bits per heavy atom. The molecule has 0 amide bonds. The van der Waals surface area contributed by atoms with Crippen LogP contribution in [0, 0.1) is 11.7 Å². The fourth-order valence-corrected chi connectivity index (χ4v) is 1.81. The smallest absolute Gasteiger partial charge is 0.128 e. The van der Waals surface area contributed by atoms with Gasteiger partial charge in [0.2, 0.25) is 0 Å². The highest BCUT2D eigenvalue weighted by Crippen LogP contribution is 2.21. The molecule has 0 aliphatic rings. The zero-order valence-corrected chi connectivity index (χ0v) is 11.1. The summed E-state index contributed by atoms with van der Waals surface area (Å²) in [6.45, 7) is 4.77. The largest absolute Gasteiger partial charge is 0.394 e. The first-order valence-electron chi connectivity index (χ1n) is 5.33. The van der Waals surface area contributed by atoms with E-state index in [9.17, 15) is 9.50 Å². The normalized spacial score (nSPS) is 13.1. The molecule has 1 aromatic carbocycles. The van der Waals surface area contributed by atoms with Gasteiger partial charge >= 0.3 is 0 Å². The summed E-state index contributed by atoms with van der Waals surface area (Å²) >= 11 is 3.30. The zero-order valence-electron chi connectivity index (χ0n) is 9.50. The fourth-order valence-electron chi connectivity index (χ4n) is 1.43. The standard InChI is InChI=1S/C12H17BrFNO/c1-8(2)6-15-12(7-16)10-5-9(13)3-4-11(10)14/h3-5,8,12,15-16H,6-7H2,1-2H3. The van der Waals surface area contributed by atoms with Gasteiger partial charge in [-0.3, -0.25) is 0 Å². The molecule has 0 spiro atoms. The third-order valence-electron chi connectivity index (χ3n) is 2.29. The van der Waals surface area contributed by atoms with Crippen molar-refractivity contribution in [2.75, 3.05) is 13.2 Å². The van der Waals surface area contributed by atoms with E-state index in [2.05, 4.69) is 35.1 Å². The minimum atomic E-state index is -0.347. The zero-order chi connectivity index (χ0) is 12.1. The summed E-state index contributed by atoms with van der Waals surface area (Å²) in [6, 6.07) is 4.40. The van der Waals surface area contributed by atoms with Gasteiger partial charge < -0.3 is 10.4 Å². The average molecular weight is 290 g/mol. The third kappa shape index (κ3) is 3.85. The summed E-state index contributed by atoms with van der Waals surface area (Å²) in [5.41, 5.74) is 0.498. The molecule has 2 nitrogen and oxygen atoms in total. The molecule has 1 aromatic rings. The molecule has 0 aliphatic carbocycles. The predicted molar refractivity (Wildman–Crippen MR) is 66.8 cm³/mol. The first kappa shape index (κ1) is 13.6. The third-order valence-corrected chi connectivity index (χ3v) is 2.78. The Balaban J connectivity index is 2.81. The lowest BCUT2D eigenvalue weighted by atomic mass is 10.1. The van der Waals surface area contributed by atoms with Crippen LogP contribution in [0.25, 0.3) is 0 Å². The molecule has 0 aliphatic heterocycles. The second-order valence-electron chi connectivity index (χ2n) is 4.20. The number of benzene rings is 1. The molecule has 0 aromatic heterocycles. The van der Waals surface area contributed by atoms with E-state index >= 15 is 0 Å². The van der Waals surface area contributed by atoms with Crippen LogP contribution in [0.2, 0.25) is 0 Å². The Hall–Kier alpha value is -0.450. The molecule has 0 saturated carbocycles. The number of rotatable bonds is 5. The van der Waals surface area contributed by atoms with Crippen LogP contribution in [-0.4, -0.2) is 18.3 Å². The number of halogens is 2. The Morgan fingerprint density at radius 2 is 2.12 bits per heavy atom. The SMILES string of the molecule is CC(C)CNC(CO)c1cc(Br)ccc1F. The van der Waals surface area contributed by atoms with Crippen molar-refractivity contribution < 1.29 is 9.50 Å². The Bertz CT molecular complexity index is 344. The van der Waals surface area contributed by atoms with Gasteiger partial charge in [-0.25, -0.2) is 4.39 Å². The highest BCUT2D eigenvalue weighted by molar-refractivity contribution is 9.10. The molecule has 0 saturated heterocycles. The van der Waals surface area contributed by atoms with E-state index in [1.54, 1.807) is 12.1 Å². The molecule has 0 radical (unpaired) electrons. The van der Waals surface area contributed by atoms with E-state index < -0.39 is 0 Å². The van der Waals surface area contributed by atoms with Gasteiger partial charge in [0, 0.05) is 10.0 Å². The topological polar surface area (TPSA) is 32.3 Å². The summed E-state index contributed by atoms with van der Waals surface area (Å²) < 4.78 is 14.4. The lowest BCUT2D eigenvalue weighted by molar-refractivity contribution is 0.238. The Labute approximate surface area is 104 Å². The molecule has 1 atom stereocenters. The van der Waals surface area contributed by atoms with Gasteiger partial charge in [0.25, 0.3) is 0 Å². The molecule has 1 rings (SSSR count). The quantitative estimate of drug-likeness (QED) is 0.874. The van der Waals surface area contributed by atoms with Crippen molar-refractivity contribution in [2.24, 2.45) is 5.92 Å².